The lowest BCUT2D eigenvalue weighted by molar-refractivity contribution is -0.186. The Morgan fingerprint density at radius 2 is 1.52 bits per heavy atom. The molecule has 0 saturated carbocycles. The van der Waals surface area contributed by atoms with Gasteiger partial charge in [0, 0.05) is 10.4 Å². The monoisotopic (exact) mass is 440 g/mol. The van der Waals surface area contributed by atoms with E-state index in [2.05, 4.69) is 15.9 Å². The van der Waals surface area contributed by atoms with Crippen LogP contribution >= 0.6 is 15.9 Å². The van der Waals surface area contributed by atoms with E-state index >= 15 is 0 Å². The van der Waals surface area contributed by atoms with E-state index in [4.69, 9.17) is 14.2 Å². The quantitative estimate of drug-likeness (QED) is 0.366. The molecule has 148 valence electrons. The summed E-state index contributed by atoms with van der Waals surface area (Å²) in [6.07, 6.45) is 2.01. The van der Waals surface area contributed by atoms with E-state index < -0.39 is 29.2 Å². The van der Waals surface area contributed by atoms with Gasteiger partial charge in [-0.05, 0) is 63.3 Å². The van der Waals surface area contributed by atoms with Crippen molar-refractivity contribution in [2.24, 2.45) is 5.41 Å². The number of halogens is 1. The molecule has 2 rings (SSSR count). The van der Waals surface area contributed by atoms with Crippen molar-refractivity contribution in [3.8, 4) is 0 Å². The van der Waals surface area contributed by atoms with E-state index in [9.17, 15) is 14.4 Å². The Kier molecular flexibility index (Phi) is 7.41. The van der Waals surface area contributed by atoms with Crippen LogP contribution in [0.15, 0.2) is 22.7 Å². The molecule has 27 heavy (non-hydrogen) atoms. The van der Waals surface area contributed by atoms with E-state index in [1.165, 1.54) is 0 Å². The average molecular weight is 441 g/mol. The Morgan fingerprint density at radius 3 is 2.00 bits per heavy atom. The van der Waals surface area contributed by atoms with Crippen molar-refractivity contribution >= 4 is 33.8 Å². The lowest BCUT2D eigenvalue weighted by Crippen LogP contribution is -2.54. The van der Waals surface area contributed by atoms with Crippen LogP contribution in [0.4, 0.5) is 0 Å². The zero-order valence-electron chi connectivity index (χ0n) is 15.9. The second kappa shape index (κ2) is 9.35. The molecule has 0 N–H and O–H groups in total. The van der Waals surface area contributed by atoms with E-state index in [0.29, 0.717) is 6.42 Å². The number of carbonyl (C=O) groups excluding carboxylic acids is 3. The summed E-state index contributed by atoms with van der Waals surface area (Å²) >= 11 is 3.45. The van der Waals surface area contributed by atoms with Crippen LogP contribution in [-0.4, -0.2) is 37.7 Å². The molecule has 6 nitrogen and oxygen atoms in total. The topological polar surface area (TPSA) is 78.9 Å². The molecule has 1 aliphatic rings. The summed E-state index contributed by atoms with van der Waals surface area (Å²) in [6.45, 7) is 5.01. The van der Waals surface area contributed by atoms with Crippen molar-refractivity contribution in [2.75, 3.05) is 19.8 Å². The highest BCUT2D eigenvalue weighted by atomic mass is 79.9. The minimum absolute atomic E-state index is 0.0410. The minimum Gasteiger partial charge on any atom is -0.465 e. The summed E-state index contributed by atoms with van der Waals surface area (Å²) < 4.78 is 16.5. The van der Waals surface area contributed by atoms with Gasteiger partial charge in [0.2, 0.25) is 0 Å². The van der Waals surface area contributed by atoms with E-state index in [1.807, 2.05) is 18.2 Å². The zero-order chi connectivity index (χ0) is 20.0. The van der Waals surface area contributed by atoms with E-state index in [-0.39, 0.29) is 19.8 Å². The summed E-state index contributed by atoms with van der Waals surface area (Å²) in [5.41, 5.74) is -0.396. The summed E-state index contributed by atoms with van der Waals surface area (Å²) in [6, 6.07) is 5.63. The summed E-state index contributed by atoms with van der Waals surface area (Å²) in [7, 11) is 0. The lowest BCUT2D eigenvalue weighted by atomic mass is 9.66. The molecule has 0 aromatic heterocycles. The third-order valence-corrected chi connectivity index (χ3v) is 5.23. The molecule has 0 fully saturated rings. The second-order valence-corrected chi connectivity index (χ2v) is 7.17. The fraction of sp³-hybridized carbons (Fsp3) is 0.550. The molecule has 0 heterocycles. The van der Waals surface area contributed by atoms with Crippen molar-refractivity contribution in [3.05, 3.63) is 33.8 Å². The van der Waals surface area contributed by atoms with Crippen molar-refractivity contribution in [1.82, 2.24) is 0 Å². The molecule has 7 heteroatoms. The molecular weight excluding hydrogens is 416 g/mol. The van der Waals surface area contributed by atoms with Crippen LogP contribution in [0.3, 0.4) is 0 Å². The smallest absolute Gasteiger partial charge is 0.335 e. The van der Waals surface area contributed by atoms with Crippen LogP contribution in [-0.2, 0) is 35.0 Å². The van der Waals surface area contributed by atoms with E-state index in [1.54, 1.807) is 20.8 Å². The van der Waals surface area contributed by atoms with Crippen LogP contribution in [0.2, 0.25) is 0 Å². The summed E-state index contributed by atoms with van der Waals surface area (Å²) in [5.74, 6) is -3.44. The van der Waals surface area contributed by atoms with Crippen molar-refractivity contribution < 1.29 is 28.6 Å². The average Bonchev–Trinajstić information content (AvgIpc) is 2.63. The van der Waals surface area contributed by atoms with Crippen molar-refractivity contribution in [2.45, 2.75) is 46.0 Å². The normalized spacial score (nSPS) is 16.2. The molecule has 0 amide bonds. The van der Waals surface area contributed by atoms with Gasteiger partial charge in [-0.1, -0.05) is 22.0 Å². The standard InChI is InChI=1S/C20H25BrO6/c1-4-25-17(22)20(18(23)26-5-2,19(24)27-6-3)16-9-7-8-13-12-14(21)10-11-15(13)16/h10-12,16H,4-9H2,1-3H3. The molecule has 0 radical (unpaired) electrons. The number of benzene rings is 1. The molecule has 0 spiro atoms. The van der Waals surface area contributed by atoms with Gasteiger partial charge in [0.25, 0.3) is 5.41 Å². The second-order valence-electron chi connectivity index (χ2n) is 6.26. The SMILES string of the molecule is CCOC(=O)C(C(=O)OCC)(C(=O)OCC)C1CCCc2cc(Br)ccc21. The maximum absolute atomic E-state index is 13.0. The van der Waals surface area contributed by atoms with Gasteiger partial charge in [-0.25, -0.2) is 0 Å². The van der Waals surface area contributed by atoms with Crippen molar-refractivity contribution in [1.29, 1.82) is 0 Å². The first kappa shape index (κ1) is 21.4. The minimum atomic E-state index is -2.16. The number of esters is 3. The largest absolute Gasteiger partial charge is 0.465 e. The molecule has 1 atom stereocenters. The Bertz CT molecular complexity index is 669. The first-order valence-corrected chi connectivity index (χ1v) is 10.0. The highest BCUT2D eigenvalue weighted by Gasteiger charge is 2.63. The Hall–Kier alpha value is -1.89. The molecular formula is C20H25BrO6. The first-order chi connectivity index (χ1) is 12.9. The molecule has 0 bridgehead atoms. The summed E-state index contributed by atoms with van der Waals surface area (Å²) in [5, 5.41) is 0. The fourth-order valence-electron chi connectivity index (χ4n) is 3.64. The number of aryl methyl sites for hydroxylation is 1. The molecule has 1 aliphatic carbocycles. The van der Waals surface area contributed by atoms with Gasteiger partial charge in [0.1, 0.15) is 0 Å². The molecule has 0 aliphatic heterocycles. The van der Waals surface area contributed by atoms with Gasteiger partial charge < -0.3 is 14.2 Å². The van der Waals surface area contributed by atoms with Gasteiger partial charge in [0.05, 0.1) is 19.8 Å². The first-order valence-electron chi connectivity index (χ1n) is 9.23. The Balaban J connectivity index is 2.69. The maximum atomic E-state index is 13.0. The number of hydrogen-bond donors (Lipinski definition) is 0. The molecule has 0 saturated heterocycles. The maximum Gasteiger partial charge on any atom is 0.335 e. The third kappa shape index (κ3) is 4.03. The number of fused-ring (bicyclic) bond motifs is 1. The number of carbonyl (C=O) groups is 3. The summed E-state index contributed by atoms with van der Waals surface area (Å²) in [4.78, 5) is 39.1. The number of hydrogen-bond acceptors (Lipinski definition) is 6. The highest BCUT2D eigenvalue weighted by molar-refractivity contribution is 9.10. The van der Waals surface area contributed by atoms with Gasteiger partial charge in [-0.15, -0.1) is 0 Å². The molecule has 1 aromatic carbocycles. The Morgan fingerprint density at radius 1 is 1.00 bits per heavy atom. The Labute approximate surface area is 167 Å². The van der Waals surface area contributed by atoms with Crippen molar-refractivity contribution in [3.63, 3.8) is 0 Å². The van der Waals surface area contributed by atoms with Gasteiger partial charge >= 0.3 is 17.9 Å². The number of ether oxygens (including phenoxy) is 3. The van der Waals surface area contributed by atoms with Crippen LogP contribution < -0.4 is 0 Å². The molecule has 1 aromatic rings. The van der Waals surface area contributed by atoms with Gasteiger partial charge in [-0.3, -0.25) is 14.4 Å². The van der Waals surface area contributed by atoms with Gasteiger partial charge in [0.15, 0.2) is 0 Å². The number of rotatable bonds is 7. The molecule has 1 unspecified atom stereocenters. The third-order valence-electron chi connectivity index (χ3n) is 4.73. The van der Waals surface area contributed by atoms with Crippen LogP contribution in [0.1, 0.15) is 50.7 Å². The predicted octanol–water partition coefficient (Wildman–Crippen LogP) is 3.54. The van der Waals surface area contributed by atoms with Crippen LogP contribution in [0.25, 0.3) is 0 Å². The van der Waals surface area contributed by atoms with Gasteiger partial charge in [-0.2, -0.15) is 0 Å². The fourth-order valence-corrected chi connectivity index (χ4v) is 4.05. The predicted molar refractivity (Wildman–Crippen MR) is 102 cm³/mol. The van der Waals surface area contributed by atoms with Crippen LogP contribution in [0.5, 0.6) is 0 Å². The zero-order valence-corrected chi connectivity index (χ0v) is 17.5. The van der Waals surface area contributed by atoms with Crippen LogP contribution in [0, 0.1) is 5.41 Å². The lowest BCUT2D eigenvalue weighted by Gasteiger charge is -2.37. The van der Waals surface area contributed by atoms with E-state index in [0.717, 1.165) is 28.4 Å². The highest BCUT2D eigenvalue weighted by Crippen LogP contribution is 2.47.